The van der Waals surface area contributed by atoms with E-state index in [0.29, 0.717) is 48.7 Å². The van der Waals surface area contributed by atoms with Crippen LogP contribution in [0, 0.1) is 6.92 Å². The number of hydrogen-bond acceptors (Lipinski definition) is 6. The summed E-state index contributed by atoms with van der Waals surface area (Å²) < 4.78 is 46.7. The number of fused-ring (bicyclic) bond motifs is 1. The summed E-state index contributed by atoms with van der Waals surface area (Å²) in [6.45, 7) is 2.84. The van der Waals surface area contributed by atoms with Crippen LogP contribution in [-0.2, 0) is 16.3 Å². The molecule has 0 unspecified atom stereocenters. The number of carbonyl (C=O) groups excluding carboxylic acids is 1. The Hall–Kier alpha value is -3.28. The van der Waals surface area contributed by atoms with Crippen molar-refractivity contribution in [2.45, 2.75) is 31.4 Å². The Morgan fingerprint density at radius 2 is 1.89 bits per heavy atom. The molecular formula is C24H21F3N4O3S. The van der Waals surface area contributed by atoms with Crippen LogP contribution in [0.2, 0.25) is 0 Å². The number of aryl methyl sites for hydroxylation is 1. The van der Waals surface area contributed by atoms with Gasteiger partial charge in [-0.2, -0.15) is 13.2 Å². The fourth-order valence-corrected chi connectivity index (χ4v) is 5.69. The molecule has 2 N–H and O–H groups in total. The van der Waals surface area contributed by atoms with Crippen LogP contribution >= 0.6 is 11.3 Å². The van der Waals surface area contributed by atoms with Crippen molar-refractivity contribution >= 4 is 22.9 Å². The first-order chi connectivity index (χ1) is 16.7. The molecule has 0 radical (unpaired) electrons. The Morgan fingerprint density at radius 3 is 2.54 bits per heavy atom. The quantitative estimate of drug-likeness (QED) is 0.303. The van der Waals surface area contributed by atoms with Gasteiger partial charge in [0.2, 0.25) is 0 Å². The van der Waals surface area contributed by atoms with Gasteiger partial charge in [0.1, 0.15) is 16.3 Å². The normalized spacial score (nSPS) is 15.9. The maximum absolute atomic E-state index is 13.2. The molecule has 35 heavy (non-hydrogen) atoms. The van der Waals surface area contributed by atoms with Gasteiger partial charge in [0.25, 0.3) is 5.91 Å². The first-order valence-electron chi connectivity index (χ1n) is 10.9. The van der Waals surface area contributed by atoms with E-state index >= 15 is 0 Å². The Morgan fingerprint density at radius 1 is 1.17 bits per heavy atom. The highest BCUT2D eigenvalue weighted by Crippen LogP contribution is 2.44. The minimum atomic E-state index is -4.45. The highest BCUT2D eigenvalue weighted by Gasteiger charge is 2.39. The third-order valence-corrected chi connectivity index (χ3v) is 7.48. The lowest BCUT2D eigenvalue weighted by molar-refractivity contribution is -0.137. The lowest BCUT2D eigenvalue weighted by atomic mass is 9.74. The fourth-order valence-electron chi connectivity index (χ4n) is 4.60. The number of thiazole rings is 1. The first-order valence-corrected chi connectivity index (χ1v) is 11.8. The Labute approximate surface area is 202 Å². The highest BCUT2D eigenvalue weighted by molar-refractivity contribution is 7.10. The third kappa shape index (κ3) is 4.09. The van der Waals surface area contributed by atoms with E-state index in [1.807, 2.05) is 17.5 Å². The van der Waals surface area contributed by atoms with Crippen molar-refractivity contribution in [3.8, 4) is 11.4 Å². The number of benzene rings is 1. The summed E-state index contributed by atoms with van der Waals surface area (Å²) in [4.78, 5) is 21.0. The van der Waals surface area contributed by atoms with E-state index in [1.165, 1.54) is 17.5 Å². The van der Waals surface area contributed by atoms with Gasteiger partial charge in [-0.05, 0) is 49.6 Å². The molecule has 0 spiro atoms. The van der Waals surface area contributed by atoms with E-state index in [-0.39, 0.29) is 5.65 Å². The molecule has 182 valence electrons. The van der Waals surface area contributed by atoms with Crippen molar-refractivity contribution in [2.24, 2.45) is 0 Å². The molecule has 1 saturated heterocycles. The number of ether oxygens (including phenoxy) is 1. The summed E-state index contributed by atoms with van der Waals surface area (Å²) >= 11 is 1.48. The van der Waals surface area contributed by atoms with Crippen molar-refractivity contribution in [1.29, 1.82) is 0 Å². The molecule has 11 heteroatoms. The molecule has 5 rings (SSSR count). The molecule has 0 bridgehead atoms. The van der Waals surface area contributed by atoms with E-state index < -0.39 is 23.1 Å². The number of halogens is 3. The number of nitrogens with one attached hydrogen (secondary N) is 1. The van der Waals surface area contributed by atoms with Crippen LogP contribution in [0.25, 0.3) is 17.0 Å². The average Bonchev–Trinajstić information content (AvgIpc) is 3.47. The zero-order valence-corrected chi connectivity index (χ0v) is 19.4. The minimum absolute atomic E-state index is 0.209. The number of amides is 1. The first kappa shape index (κ1) is 23.5. The standard InChI is InChI=1S/C24H21F3N4O3S/c1-14-20(31-9-6-17(24(25,26)27)12-19(31)28-14)18-13-35-22(29-18)23(7-10-34-11-8-23)16-4-2-15(3-5-16)21(32)30-33/h2-6,9,12-13,33H,7-8,10-11H2,1H3,(H,30,32). The SMILES string of the molecule is Cc1nc2cc(C(F)(F)F)ccn2c1-c1csc(C2(c3ccc(C(=O)NO)cc3)CCOCC2)n1. The number of imidazole rings is 1. The Kier molecular flexibility index (Phi) is 5.86. The number of alkyl halides is 3. The molecule has 0 aliphatic carbocycles. The summed E-state index contributed by atoms with van der Waals surface area (Å²) in [5.74, 6) is -0.592. The minimum Gasteiger partial charge on any atom is -0.381 e. The zero-order valence-electron chi connectivity index (χ0n) is 18.6. The second-order valence-corrected chi connectivity index (χ2v) is 9.30. The number of hydrogen-bond donors (Lipinski definition) is 2. The van der Waals surface area contributed by atoms with Crippen LogP contribution in [0.5, 0.6) is 0 Å². The predicted octanol–water partition coefficient (Wildman–Crippen LogP) is 5.00. The van der Waals surface area contributed by atoms with Gasteiger partial charge in [-0.1, -0.05) is 12.1 Å². The van der Waals surface area contributed by atoms with E-state index in [0.717, 1.165) is 22.7 Å². The van der Waals surface area contributed by atoms with Crippen molar-refractivity contribution in [2.75, 3.05) is 13.2 Å². The molecule has 1 fully saturated rings. The van der Waals surface area contributed by atoms with Crippen molar-refractivity contribution in [3.63, 3.8) is 0 Å². The Balaban J connectivity index is 1.57. The topological polar surface area (TPSA) is 88.8 Å². The molecule has 0 saturated carbocycles. The van der Waals surface area contributed by atoms with Gasteiger partial charge < -0.3 is 4.74 Å². The number of nitrogens with zero attached hydrogens (tertiary/aromatic N) is 3. The van der Waals surface area contributed by atoms with E-state index in [2.05, 4.69) is 4.98 Å². The van der Waals surface area contributed by atoms with Crippen molar-refractivity contribution < 1.29 is 27.9 Å². The molecule has 7 nitrogen and oxygen atoms in total. The number of hydroxylamine groups is 1. The molecule has 3 aromatic heterocycles. The lowest BCUT2D eigenvalue weighted by Gasteiger charge is -2.36. The second kappa shape index (κ2) is 8.74. The highest BCUT2D eigenvalue weighted by atomic mass is 32.1. The molecule has 4 heterocycles. The monoisotopic (exact) mass is 502 g/mol. The van der Waals surface area contributed by atoms with E-state index in [9.17, 15) is 18.0 Å². The van der Waals surface area contributed by atoms with Crippen LogP contribution < -0.4 is 5.48 Å². The third-order valence-electron chi connectivity index (χ3n) is 6.43. The van der Waals surface area contributed by atoms with Gasteiger partial charge in [0.15, 0.2) is 0 Å². The van der Waals surface area contributed by atoms with Crippen LogP contribution in [0.1, 0.15) is 45.0 Å². The number of rotatable bonds is 4. The molecule has 1 amide bonds. The summed E-state index contributed by atoms with van der Waals surface area (Å²) in [7, 11) is 0. The molecule has 1 aromatic carbocycles. The van der Waals surface area contributed by atoms with Crippen LogP contribution in [-0.4, -0.2) is 38.7 Å². The average molecular weight is 503 g/mol. The maximum atomic E-state index is 13.2. The van der Waals surface area contributed by atoms with Gasteiger partial charge >= 0.3 is 6.18 Å². The van der Waals surface area contributed by atoms with Gasteiger partial charge in [-0.3, -0.25) is 14.4 Å². The van der Waals surface area contributed by atoms with E-state index in [4.69, 9.17) is 14.9 Å². The number of pyridine rings is 1. The predicted molar refractivity (Wildman–Crippen MR) is 123 cm³/mol. The molecule has 0 atom stereocenters. The second-order valence-electron chi connectivity index (χ2n) is 8.44. The van der Waals surface area contributed by atoms with E-state index in [1.54, 1.807) is 28.9 Å². The van der Waals surface area contributed by atoms with Crippen LogP contribution in [0.15, 0.2) is 48.0 Å². The summed E-state index contributed by atoms with van der Waals surface area (Å²) in [5.41, 5.74) is 3.83. The largest absolute Gasteiger partial charge is 0.416 e. The molecular weight excluding hydrogens is 481 g/mol. The summed E-state index contributed by atoms with van der Waals surface area (Å²) in [6.07, 6.45) is -1.70. The van der Waals surface area contributed by atoms with Gasteiger partial charge in [-0.25, -0.2) is 15.4 Å². The maximum Gasteiger partial charge on any atom is 0.416 e. The van der Waals surface area contributed by atoms with Gasteiger partial charge in [0, 0.05) is 30.4 Å². The van der Waals surface area contributed by atoms with Crippen molar-refractivity contribution in [1.82, 2.24) is 19.8 Å². The molecule has 4 aromatic rings. The van der Waals surface area contributed by atoms with Gasteiger partial charge in [-0.15, -0.1) is 11.3 Å². The summed E-state index contributed by atoms with van der Waals surface area (Å²) in [6, 6.07) is 9.09. The lowest BCUT2D eigenvalue weighted by Crippen LogP contribution is -2.35. The molecule has 1 aliphatic rings. The van der Waals surface area contributed by atoms with Crippen LogP contribution in [0.3, 0.4) is 0 Å². The fraction of sp³-hybridized carbons (Fsp3) is 0.292. The van der Waals surface area contributed by atoms with Crippen LogP contribution in [0.4, 0.5) is 13.2 Å². The van der Waals surface area contributed by atoms with Gasteiger partial charge in [0.05, 0.1) is 22.4 Å². The Bertz CT molecular complexity index is 1390. The number of aromatic nitrogens is 3. The smallest absolute Gasteiger partial charge is 0.381 e. The molecule has 1 aliphatic heterocycles. The number of carbonyl (C=O) groups is 1. The summed E-state index contributed by atoms with van der Waals surface area (Å²) in [5, 5.41) is 11.6. The zero-order chi connectivity index (χ0) is 24.8. The van der Waals surface area contributed by atoms with Crippen molar-refractivity contribution in [3.05, 3.63) is 75.4 Å².